The average molecular weight is 279 g/mol. The van der Waals surface area contributed by atoms with E-state index in [0.717, 1.165) is 18.7 Å². The summed E-state index contributed by atoms with van der Waals surface area (Å²) < 4.78 is 1.61. The van der Waals surface area contributed by atoms with Gasteiger partial charge in [0.15, 0.2) is 0 Å². The van der Waals surface area contributed by atoms with E-state index in [0.29, 0.717) is 18.5 Å². The Bertz CT molecular complexity index is 431. The van der Waals surface area contributed by atoms with Crippen LogP contribution in [0.4, 0.5) is 0 Å². The molecule has 0 radical (unpaired) electrons. The predicted molar refractivity (Wildman–Crippen MR) is 77.0 cm³/mol. The highest BCUT2D eigenvalue weighted by Gasteiger charge is 2.22. The zero-order valence-corrected chi connectivity index (χ0v) is 12.4. The summed E-state index contributed by atoms with van der Waals surface area (Å²) in [6, 6.07) is 0.320. The molecular formula is C14H25N5O. The van der Waals surface area contributed by atoms with Gasteiger partial charge in [0, 0.05) is 12.6 Å². The lowest BCUT2D eigenvalue weighted by molar-refractivity contribution is -0.123. The molecule has 0 saturated heterocycles. The van der Waals surface area contributed by atoms with Crippen LogP contribution in [-0.4, -0.2) is 33.5 Å². The van der Waals surface area contributed by atoms with Crippen molar-refractivity contribution >= 4 is 5.91 Å². The van der Waals surface area contributed by atoms with E-state index in [1.807, 2.05) is 13.1 Å². The molecule has 20 heavy (non-hydrogen) atoms. The summed E-state index contributed by atoms with van der Waals surface area (Å²) in [5.74, 6) is 0.608. The zero-order chi connectivity index (χ0) is 14.4. The third kappa shape index (κ3) is 4.30. The Morgan fingerprint density at radius 1 is 1.45 bits per heavy atom. The number of hydrogen-bond donors (Lipinski definition) is 2. The van der Waals surface area contributed by atoms with Gasteiger partial charge in [0.25, 0.3) is 0 Å². The number of aromatic nitrogens is 3. The first-order chi connectivity index (χ1) is 9.69. The summed E-state index contributed by atoms with van der Waals surface area (Å²) in [6.07, 6.45) is 6.62. The van der Waals surface area contributed by atoms with Crippen molar-refractivity contribution in [2.45, 2.75) is 58.7 Å². The monoisotopic (exact) mass is 279 g/mol. The maximum absolute atomic E-state index is 12.0. The van der Waals surface area contributed by atoms with Crippen molar-refractivity contribution in [3.8, 4) is 0 Å². The van der Waals surface area contributed by atoms with Crippen LogP contribution in [0.25, 0.3) is 0 Å². The Morgan fingerprint density at radius 3 is 3.00 bits per heavy atom. The van der Waals surface area contributed by atoms with E-state index < -0.39 is 0 Å². The summed E-state index contributed by atoms with van der Waals surface area (Å²) in [4.78, 5) is 12.0. The molecule has 6 nitrogen and oxygen atoms in total. The summed E-state index contributed by atoms with van der Waals surface area (Å²) in [7, 11) is 0. The maximum Gasteiger partial charge on any atom is 0.242 e. The van der Waals surface area contributed by atoms with E-state index in [1.54, 1.807) is 4.68 Å². The van der Waals surface area contributed by atoms with Crippen molar-refractivity contribution in [1.82, 2.24) is 25.6 Å². The van der Waals surface area contributed by atoms with E-state index in [1.165, 1.54) is 19.3 Å². The van der Waals surface area contributed by atoms with Gasteiger partial charge in [-0.05, 0) is 25.3 Å². The number of amides is 1. The van der Waals surface area contributed by atoms with E-state index in [4.69, 9.17) is 0 Å². The second-order valence-corrected chi connectivity index (χ2v) is 5.62. The summed E-state index contributed by atoms with van der Waals surface area (Å²) in [5, 5.41) is 14.3. The van der Waals surface area contributed by atoms with Crippen LogP contribution in [0.15, 0.2) is 6.20 Å². The molecule has 0 spiro atoms. The molecule has 1 saturated carbocycles. The SMILES string of the molecule is CCNCc1cn(CC(=O)NC2CCCCC2C)nn1. The minimum atomic E-state index is 0.0312. The number of nitrogens with one attached hydrogen (secondary N) is 2. The fourth-order valence-corrected chi connectivity index (χ4v) is 2.68. The van der Waals surface area contributed by atoms with Crippen LogP contribution in [0, 0.1) is 5.92 Å². The first-order valence-electron chi connectivity index (χ1n) is 7.58. The lowest BCUT2D eigenvalue weighted by atomic mass is 9.86. The first kappa shape index (κ1) is 15.0. The molecule has 0 bridgehead atoms. The Kier molecular flexibility index (Phi) is 5.52. The third-order valence-corrected chi connectivity index (χ3v) is 3.91. The molecule has 112 valence electrons. The minimum Gasteiger partial charge on any atom is -0.351 e. The van der Waals surface area contributed by atoms with E-state index in [2.05, 4.69) is 27.9 Å². The van der Waals surface area contributed by atoms with Gasteiger partial charge in [0.1, 0.15) is 6.54 Å². The van der Waals surface area contributed by atoms with Crippen molar-refractivity contribution < 1.29 is 4.79 Å². The molecule has 1 aliphatic carbocycles. The fourth-order valence-electron chi connectivity index (χ4n) is 2.68. The quantitative estimate of drug-likeness (QED) is 0.817. The molecule has 2 unspecified atom stereocenters. The number of hydrogen-bond acceptors (Lipinski definition) is 4. The van der Waals surface area contributed by atoms with Gasteiger partial charge in [0.05, 0.1) is 11.9 Å². The molecule has 1 aromatic rings. The second kappa shape index (κ2) is 7.38. The smallest absolute Gasteiger partial charge is 0.242 e. The number of rotatable bonds is 6. The predicted octanol–water partition coefficient (Wildman–Crippen LogP) is 1.08. The van der Waals surface area contributed by atoms with E-state index in [-0.39, 0.29) is 12.5 Å². The van der Waals surface area contributed by atoms with Gasteiger partial charge in [0.2, 0.25) is 5.91 Å². The van der Waals surface area contributed by atoms with Crippen LogP contribution >= 0.6 is 0 Å². The maximum atomic E-state index is 12.0. The molecule has 2 N–H and O–H groups in total. The molecule has 1 heterocycles. The molecule has 0 aromatic carbocycles. The van der Waals surface area contributed by atoms with Gasteiger partial charge in [-0.25, -0.2) is 4.68 Å². The van der Waals surface area contributed by atoms with E-state index >= 15 is 0 Å². The van der Waals surface area contributed by atoms with Crippen LogP contribution in [0.5, 0.6) is 0 Å². The molecule has 2 rings (SSSR count). The van der Waals surface area contributed by atoms with E-state index in [9.17, 15) is 4.79 Å². The van der Waals surface area contributed by atoms with Gasteiger partial charge in [-0.2, -0.15) is 0 Å². The molecule has 1 amide bonds. The Balaban J connectivity index is 1.80. The second-order valence-electron chi connectivity index (χ2n) is 5.62. The van der Waals surface area contributed by atoms with Crippen molar-refractivity contribution in [1.29, 1.82) is 0 Å². The topological polar surface area (TPSA) is 71.8 Å². The Hall–Kier alpha value is -1.43. The Labute approximate surface area is 120 Å². The summed E-state index contributed by atoms with van der Waals surface area (Å²) in [6.45, 7) is 6.10. The average Bonchev–Trinajstić information content (AvgIpc) is 2.86. The third-order valence-electron chi connectivity index (χ3n) is 3.91. The van der Waals surface area contributed by atoms with Crippen LogP contribution in [-0.2, 0) is 17.9 Å². The normalized spacial score (nSPS) is 22.7. The highest BCUT2D eigenvalue weighted by Crippen LogP contribution is 2.23. The number of carbonyl (C=O) groups is 1. The Morgan fingerprint density at radius 2 is 2.25 bits per heavy atom. The number of nitrogens with zero attached hydrogens (tertiary/aromatic N) is 3. The molecular weight excluding hydrogens is 254 g/mol. The van der Waals surface area contributed by atoms with Crippen molar-refractivity contribution in [3.05, 3.63) is 11.9 Å². The van der Waals surface area contributed by atoms with Crippen molar-refractivity contribution in [3.63, 3.8) is 0 Å². The van der Waals surface area contributed by atoms with Gasteiger partial charge < -0.3 is 10.6 Å². The van der Waals surface area contributed by atoms with Crippen LogP contribution in [0.2, 0.25) is 0 Å². The van der Waals surface area contributed by atoms with Crippen molar-refractivity contribution in [2.75, 3.05) is 6.54 Å². The molecule has 1 aliphatic rings. The van der Waals surface area contributed by atoms with Gasteiger partial charge in [-0.15, -0.1) is 5.10 Å². The standard InChI is InChI=1S/C14H25N5O/c1-3-15-8-12-9-19(18-17-12)10-14(20)16-13-7-5-4-6-11(13)2/h9,11,13,15H,3-8,10H2,1-2H3,(H,16,20). The largest absolute Gasteiger partial charge is 0.351 e. The molecule has 1 aromatic heterocycles. The van der Waals surface area contributed by atoms with Crippen molar-refractivity contribution in [2.24, 2.45) is 5.92 Å². The molecule has 0 aliphatic heterocycles. The van der Waals surface area contributed by atoms with Gasteiger partial charge in [-0.3, -0.25) is 4.79 Å². The van der Waals surface area contributed by atoms with Crippen LogP contribution in [0.1, 0.15) is 45.2 Å². The fraction of sp³-hybridized carbons (Fsp3) is 0.786. The van der Waals surface area contributed by atoms with Gasteiger partial charge in [-0.1, -0.05) is 31.9 Å². The van der Waals surface area contributed by atoms with Crippen LogP contribution < -0.4 is 10.6 Å². The minimum absolute atomic E-state index is 0.0312. The summed E-state index contributed by atoms with van der Waals surface area (Å²) >= 11 is 0. The zero-order valence-electron chi connectivity index (χ0n) is 12.4. The van der Waals surface area contributed by atoms with Gasteiger partial charge >= 0.3 is 0 Å². The molecule has 1 fully saturated rings. The highest BCUT2D eigenvalue weighted by atomic mass is 16.2. The lowest BCUT2D eigenvalue weighted by Crippen LogP contribution is -2.42. The first-order valence-corrected chi connectivity index (χ1v) is 7.58. The van der Waals surface area contributed by atoms with Crippen LogP contribution in [0.3, 0.4) is 0 Å². The molecule has 6 heteroatoms. The lowest BCUT2D eigenvalue weighted by Gasteiger charge is -2.29. The molecule has 2 atom stereocenters. The number of carbonyl (C=O) groups excluding carboxylic acids is 1. The highest BCUT2D eigenvalue weighted by molar-refractivity contribution is 5.75. The summed E-state index contributed by atoms with van der Waals surface area (Å²) in [5.41, 5.74) is 0.866.